The van der Waals surface area contributed by atoms with E-state index in [-0.39, 0.29) is 0 Å². The molecular weight excluding hydrogens is 677 g/mol. The van der Waals surface area contributed by atoms with Crippen molar-refractivity contribution in [2.75, 3.05) is 36.0 Å². The highest BCUT2D eigenvalue weighted by Gasteiger charge is 2.09. The second-order valence-electron chi connectivity index (χ2n) is 14.5. The van der Waals surface area contributed by atoms with Crippen LogP contribution in [0.3, 0.4) is 0 Å². The lowest BCUT2D eigenvalue weighted by molar-refractivity contribution is 0.678. The topological polar surface area (TPSA) is 6.48 Å². The molecule has 286 valence electrons. The average molecular weight is 737 g/mol. The molecule has 0 spiro atoms. The van der Waals surface area contributed by atoms with E-state index in [1.165, 1.54) is 62.7 Å². The molecule has 56 heavy (non-hydrogen) atoms. The van der Waals surface area contributed by atoms with Gasteiger partial charge >= 0.3 is 0 Å². The fourth-order valence-electron chi connectivity index (χ4n) is 6.55. The molecule has 0 atom stereocenters. The van der Waals surface area contributed by atoms with Gasteiger partial charge in [0, 0.05) is 59.8 Å². The minimum absolute atomic E-state index is 0.967. The molecule has 0 bridgehead atoms. The normalized spacial score (nSPS) is 10.9. The van der Waals surface area contributed by atoms with E-state index in [2.05, 4.69) is 170 Å². The summed E-state index contributed by atoms with van der Waals surface area (Å²) in [5.41, 5.74) is 10.9. The van der Waals surface area contributed by atoms with Crippen molar-refractivity contribution in [2.45, 2.75) is 79.1 Å². The second-order valence-corrected chi connectivity index (χ2v) is 14.5. The van der Waals surface area contributed by atoms with Gasteiger partial charge in [-0.2, -0.15) is 0 Å². The largest absolute Gasteiger partial charge is 0.372 e. The van der Waals surface area contributed by atoms with Crippen LogP contribution in [0.15, 0.2) is 121 Å². The van der Waals surface area contributed by atoms with Crippen LogP contribution in [-0.2, 0) is 0 Å². The maximum Gasteiger partial charge on any atom is 0.0366 e. The van der Waals surface area contributed by atoms with Gasteiger partial charge in [-0.3, -0.25) is 0 Å². The molecule has 5 rings (SSSR count). The van der Waals surface area contributed by atoms with Gasteiger partial charge < -0.3 is 9.80 Å². The van der Waals surface area contributed by atoms with E-state index in [1.807, 2.05) is 36.4 Å². The number of rotatable bonds is 18. The van der Waals surface area contributed by atoms with E-state index >= 15 is 0 Å². The highest BCUT2D eigenvalue weighted by molar-refractivity contribution is 5.80. The van der Waals surface area contributed by atoms with E-state index < -0.39 is 0 Å². The fraction of sp³-hybridized carbons (Fsp3) is 0.296. The molecule has 5 aromatic carbocycles. The molecule has 0 aromatic heterocycles. The Morgan fingerprint density at radius 1 is 0.393 bits per heavy atom. The summed E-state index contributed by atoms with van der Waals surface area (Å²) < 4.78 is 0. The summed E-state index contributed by atoms with van der Waals surface area (Å²) in [6.07, 6.45) is 18.4. The molecule has 0 radical (unpaired) electrons. The first-order chi connectivity index (χ1) is 27.6. The van der Waals surface area contributed by atoms with Crippen molar-refractivity contribution in [1.29, 1.82) is 0 Å². The van der Waals surface area contributed by atoms with E-state index in [9.17, 15) is 0 Å². The number of unbranched alkanes of at least 4 members (excludes halogenated alkanes) is 4. The Bertz CT molecular complexity index is 1910. The number of benzene rings is 5. The number of hydrogen-bond acceptors (Lipinski definition) is 2. The summed E-state index contributed by atoms with van der Waals surface area (Å²) in [5, 5.41) is 0. The van der Waals surface area contributed by atoms with Gasteiger partial charge in [-0.1, -0.05) is 162 Å². The minimum Gasteiger partial charge on any atom is -0.372 e. The Labute approximate surface area is 339 Å². The molecule has 0 unspecified atom stereocenters. The molecule has 0 aliphatic carbocycles. The summed E-state index contributed by atoms with van der Waals surface area (Å²) in [6.45, 7) is 13.5. The van der Waals surface area contributed by atoms with Crippen molar-refractivity contribution in [3.63, 3.8) is 0 Å². The summed E-state index contributed by atoms with van der Waals surface area (Å²) in [6, 6.07) is 42.9. The van der Waals surface area contributed by atoms with E-state index in [1.54, 1.807) is 0 Å². The van der Waals surface area contributed by atoms with Gasteiger partial charge in [-0.15, -0.1) is 0 Å². The van der Waals surface area contributed by atoms with Crippen molar-refractivity contribution < 1.29 is 0 Å². The van der Waals surface area contributed by atoms with Crippen LogP contribution in [0.2, 0.25) is 0 Å². The summed E-state index contributed by atoms with van der Waals surface area (Å²) in [7, 11) is 0. The second kappa shape index (κ2) is 23.3. The highest BCUT2D eigenvalue weighted by atomic mass is 15.1. The van der Waals surface area contributed by atoms with Crippen molar-refractivity contribution in [3.8, 4) is 23.7 Å². The lowest BCUT2D eigenvalue weighted by atomic mass is 9.96. The molecule has 0 aliphatic rings. The Kier molecular flexibility index (Phi) is 17.2. The van der Waals surface area contributed by atoms with Crippen LogP contribution in [0.4, 0.5) is 11.4 Å². The highest BCUT2D eigenvalue weighted by Crippen LogP contribution is 2.24. The van der Waals surface area contributed by atoms with Gasteiger partial charge in [-0.05, 0) is 109 Å². The van der Waals surface area contributed by atoms with E-state index in [4.69, 9.17) is 0 Å². The monoisotopic (exact) mass is 736 g/mol. The molecule has 2 heteroatoms. The molecule has 5 aromatic rings. The third-order valence-electron chi connectivity index (χ3n) is 10.0. The van der Waals surface area contributed by atoms with Gasteiger partial charge in [0.25, 0.3) is 0 Å². The van der Waals surface area contributed by atoms with Gasteiger partial charge in [0.1, 0.15) is 0 Å². The van der Waals surface area contributed by atoms with Gasteiger partial charge in [0.2, 0.25) is 0 Å². The number of nitrogens with zero attached hydrogens (tertiary/aromatic N) is 2. The Morgan fingerprint density at radius 3 is 1.05 bits per heavy atom. The standard InChI is InChI=1S/C54H60N2/c1-5-9-39-55(40-10-6-2)53-35-27-47(28-36-53)25-33-51-43-50(32-24-46-21-17-14-18-22-46)52(44-49(51)31-23-45-19-15-13-16-20-45)34-26-48-29-37-54(38-30-48)56(41-11-7-3)42-12-8-4/h13-22,25-30,33-38,43-44H,5-12,39-42H2,1-4H3/b33-25+,34-26+. The third kappa shape index (κ3) is 13.3. The predicted octanol–water partition coefficient (Wildman–Crippen LogP) is 13.6. The van der Waals surface area contributed by atoms with Crippen LogP contribution in [0.5, 0.6) is 0 Å². The Balaban J connectivity index is 1.52. The number of hydrogen-bond donors (Lipinski definition) is 0. The van der Waals surface area contributed by atoms with Gasteiger partial charge in [0.15, 0.2) is 0 Å². The summed E-state index contributed by atoms with van der Waals surface area (Å²) in [4.78, 5) is 5.07. The van der Waals surface area contributed by atoms with Gasteiger partial charge in [-0.25, -0.2) is 0 Å². The third-order valence-corrected chi connectivity index (χ3v) is 10.0. The number of anilines is 2. The smallest absolute Gasteiger partial charge is 0.0366 e. The summed E-state index contributed by atoms with van der Waals surface area (Å²) in [5.74, 6) is 13.9. The molecule has 0 N–H and O–H groups in total. The van der Waals surface area contributed by atoms with Crippen LogP contribution in [0, 0.1) is 23.7 Å². The zero-order chi connectivity index (χ0) is 39.2. The first-order valence-corrected chi connectivity index (χ1v) is 21.0. The molecule has 0 saturated carbocycles. The van der Waals surface area contributed by atoms with Crippen LogP contribution in [0.25, 0.3) is 24.3 Å². The molecule has 0 aliphatic heterocycles. The van der Waals surface area contributed by atoms with E-state index in [0.717, 1.165) is 70.7 Å². The Morgan fingerprint density at radius 2 is 0.732 bits per heavy atom. The molecule has 0 fully saturated rings. The van der Waals surface area contributed by atoms with Crippen LogP contribution < -0.4 is 9.80 Å². The van der Waals surface area contributed by atoms with Gasteiger partial charge in [0.05, 0.1) is 0 Å². The molecule has 2 nitrogen and oxygen atoms in total. The molecule has 0 amide bonds. The lowest BCUT2D eigenvalue weighted by Crippen LogP contribution is -2.25. The molecule has 0 saturated heterocycles. The zero-order valence-electron chi connectivity index (χ0n) is 34.2. The van der Waals surface area contributed by atoms with Crippen molar-refractivity contribution in [2.24, 2.45) is 0 Å². The maximum absolute atomic E-state index is 3.53. The van der Waals surface area contributed by atoms with Crippen LogP contribution in [0.1, 0.15) is 124 Å². The quantitative estimate of drug-likeness (QED) is 0.0653. The first-order valence-electron chi connectivity index (χ1n) is 21.0. The lowest BCUT2D eigenvalue weighted by Gasteiger charge is -2.24. The molecule has 0 heterocycles. The van der Waals surface area contributed by atoms with E-state index in [0.29, 0.717) is 0 Å². The van der Waals surface area contributed by atoms with Crippen LogP contribution in [-0.4, -0.2) is 26.2 Å². The minimum atomic E-state index is 0.967. The first kappa shape index (κ1) is 41.5. The summed E-state index contributed by atoms with van der Waals surface area (Å²) >= 11 is 0. The van der Waals surface area contributed by atoms with Crippen LogP contribution >= 0.6 is 0 Å². The van der Waals surface area contributed by atoms with Crippen molar-refractivity contribution in [1.82, 2.24) is 0 Å². The average Bonchev–Trinajstić information content (AvgIpc) is 3.25. The fourth-order valence-corrected chi connectivity index (χ4v) is 6.55. The van der Waals surface area contributed by atoms with Crippen molar-refractivity contribution in [3.05, 3.63) is 166 Å². The zero-order valence-corrected chi connectivity index (χ0v) is 34.2. The Hall–Kier alpha value is -5.70. The predicted molar refractivity (Wildman–Crippen MR) is 246 cm³/mol. The molecular formula is C54H60N2. The maximum atomic E-state index is 3.53. The van der Waals surface area contributed by atoms with Crippen molar-refractivity contribution >= 4 is 35.7 Å². The SMILES string of the molecule is CCCCN(CCCC)c1ccc(/C=C/c2cc(C#Cc3ccccc3)c(/C=C/c3ccc(N(CCCC)CCCC)cc3)cc2C#Cc2ccccc2)cc1.